The average molecular weight is 332 g/mol. The van der Waals surface area contributed by atoms with Gasteiger partial charge in [0.25, 0.3) is 0 Å². The largest absolute Gasteiger partial charge is 0.459 e. The summed E-state index contributed by atoms with van der Waals surface area (Å²) in [4.78, 5) is 3.87. The summed E-state index contributed by atoms with van der Waals surface area (Å²) in [5.41, 5.74) is 2.81. The molecule has 0 fully saturated rings. The van der Waals surface area contributed by atoms with E-state index in [0.29, 0.717) is 6.54 Å². The van der Waals surface area contributed by atoms with Crippen LogP contribution in [0.5, 0.6) is 0 Å². The second kappa shape index (κ2) is 6.53. The summed E-state index contributed by atoms with van der Waals surface area (Å²) < 4.78 is 5.98. The van der Waals surface area contributed by atoms with E-state index in [2.05, 4.69) is 41.2 Å². The number of benzene rings is 2. The van der Waals surface area contributed by atoms with Crippen LogP contribution in [0, 0.1) is 0 Å². The fourth-order valence-corrected chi connectivity index (χ4v) is 2.87. The standard InChI is InChI=1S/C20H20N4O/c1-15(20-12-16-8-6-7-11-19(16)25-20)23(2)14-17-13-21-24(22-17)18-9-4-3-5-10-18/h3-13,15H,14H2,1-2H3. The lowest BCUT2D eigenvalue weighted by atomic mass is 10.2. The van der Waals surface area contributed by atoms with E-state index >= 15 is 0 Å². The number of hydrogen-bond acceptors (Lipinski definition) is 4. The van der Waals surface area contributed by atoms with E-state index in [1.807, 2.05) is 54.7 Å². The summed E-state index contributed by atoms with van der Waals surface area (Å²) in [7, 11) is 2.07. The first kappa shape index (κ1) is 15.6. The zero-order valence-electron chi connectivity index (χ0n) is 14.3. The quantitative estimate of drug-likeness (QED) is 0.549. The van der Waals surface area contributed by atoms with Gasteiger partial charge in [0.1, 0.15) is 11.3 Å². The summed E-state index contributed by atoms with van der Waals surface area (Å²) in [5, 5.41) is 10.1. The third-order valence-electron chi connectivity index (χ3n) is 4.46. The fraction of sp³-hybridized carbons (Fsp3) is 0.200. The molecule has 0 bridgehead atoms. The maximum absolute atomic E-state index is 5.98. The van der Waals surface area contributed by atoms with Crippen LogP contribution in [0.1, 0.15) is 24.4 Å². The van der Waals surface area contributed by atoms with Crippen LogP contribution in [0.4, 0.5) is 0 Å². The topological polar surface area (TPSA) is 47.1 Å². The van der Waals surface area contributed by atoms with Crippen molar-refractivity contribution in [3.05, 3.63) is 78.3 Å². The van der Waals surface area contributed by atoms with Crippen molar-refractivity contribution < 1.29 is 4.42 Å². The molecule has 1 atom stereocenters. The van der Waals surface area contributed by atoms with Gasteiger partial charge in [-0.25, -0.2) is 0 Å². The van der Waals surface area contributed by atoms with Crippen molar-refractivity contribution in [2.75, 3.05) is 7.05 Å². The Morgan fingerprint density at radius 3 is 2.64 bits per heavy atom. The SMILES string of the molecule is CC(c1cc2ccccc2o1)N(C)Cc1cnn(-c2ccccc2)n1. The Balaban J connectivity index is 1.49. The van der Waals surface area contributed by atoms with Gasteiger partial charge in [-0.05, 0) is 38.2 Å². The van der Waals surface area contributed by atoms with Crippen LogP contribution in [0.3, 0.4) is 0 Å². The van der Waals surface area contributed by atoms with E-state index in [9.17, 15) is 0 Å². The van der Waals surface area contributed by atoms with Gasteiger partial charge in [0.15, 0.2) is 0 Å². The molecule has 0 aliphatic carbocycles. The Labute approximate surface area is 146 Å². The van der Waals surface area contributed by atoms with Crippen molar-refractivity contribution >= 4 is 11.0 Å². The maximum atomic E-state index is 5.98. The summed E-state index contributed by atoms with van der Waals surface area (Å²) in [5.74, 6) is 0.958. The van der Waals surface area contributed by atoms with E-state index in [0.717, 1.165) is 28.1 Å². The number of furan rings is 1. The van der Waals surface area contributed by atoms with Crippen LogP contribution in [0.15, 0.2) is 71.3 Å². The Morgan fingerprint density at radius 2 is 1.84 bits per heavy atom. The third-order valence-corrected chi connectivity index (χ3v) is 4.46. The van der Waals surface area contributed by atoms with E-state index < -0.39 is 0 Å². The molecule has 2 aromatic heterocycles. The number of nitrogens with zero attached hydrogens (tertiary/aromatic N) is 4. The van der Waals surface area contributed by atoms with Gasteiger partial charge >= 0.3 is 0 Å². The lowest BCUT2D eigenvalue weighted by Gasteiger charge is -2.21. The molecule has 0 aliphatic heterocycles. The normalized spacial score (nSPS) is 12.8. The molecule has 0 saturated heterocycles. The molecular weight excluding hydrogens is 312 g/mol. The van der Waals surface area contributed by atoms with Crippen LogP contribution < -0.4 is 0 Å². The van der Waals surface area contributed by atoms with Gasteiger partial charge in [0.2, 0.25) is 0 Å². The highest BCUT2D eigenvalue weighted by atomic mass is 16.3. The van der Waals surface area contributed by atoms with Gasteiger partial charge < -0.3 is 4.42 Å². The fourth-order valence-electron chi connectivity index (χ4n) is 2.87. The second-order valence-electron chi connectivity index (χ2n) is 6.24. The predicted octanol–water partition coefficient (Wildman–Crippen LogP) is 4.21. The molecule has 126 valence electrons. The maximum Gasteiger partial charge on any atom is 0.134 e. The molecule has 0 saturated carbocycles. The predicted molar refractivity (Wildman–Crippen MR) is 97.5 cm³/mol. The first-order valence-corrected chi connectivity index (χ1v) is 8.36. The molecule has 4 rings (SSSR count). The third kappa shape index (κ3) is 3.19. The number of fused-ring (bicyclic) bond motifs is 1. The molecule has 2 aromatic carbocycles. The summed E-state index contributed by atoms with van der Waals surface area (Å²) in [6.07, 6.45) is 1.81. The number of rotatable bonds is 5. The number of aromatic nitrogens is 3. The molecule has 4 aromatic rings. The van der Waals surface area contributed by atoms with Gasteiger partial charge in [0, 0.05) is 11.9 Å². The monoisotopic (exact) mass is 332 g/mol. The van der Waals surface area contributed by atoms with Crippen molar-refractivity contribution in [2.45, 2.75) is 19.5 Å². The molecular formula is C20H20N4O. The van der Waals surface area contributed by atoms with E-state index in [4.69, 9.17) is 4.42 Å². The molecule has 5 nitrogen and oxygen atoms in total. The molecule has 1 unspecified atom stereocenters. The molecule has 5 heteroatoms. The van der Waals surface area contributed by atoms with Crippen LogP contribution in [0.2, 0.25) is 0 Å². The summed E-state index contributed by atoms with van der Waals surface area (Å²) in [6, 6.07) is 20.3. The molecule has 0 spiro atoms. The highest BCUT2D eigenvalue weighted by Crippen LogP contribution is 2.27. The first-order valence-electron chi connectivity index (χ1n) is 8.36. The van der Waals surface area contributed by atoms with Crippen molar-refractivity contribution in [3.8, 4) is 5.69 Å². The summed E-state index contributed by atoms with van der Waals surface area (Å²) in [6.45, 7) is 2.84. The Bertz CT molecular complexity index is 940. The molecule has 0 radical (unpaired) electrons. The van der Waals surface area contributed by atoms with Gasteiger partial charge in [-0.1, -0.05) is 36.4 Å². The molecule has 2 heterocycles. The number of para-hydroxylation sites is 2. The average Bonchev–Trinajstić information content (AvgIpc) is 3.28. The van der Waals surface area contributed by atoms with Gasteiger partial charge in [0.05, 0.1) is 23.6 Å². The highest BCUT2D eigenvalue weighted by molar-refractivity contribution is 5.77. The second-order valence-corrected chi connectivity index (χ2v) is 6.24. The summed E-state index contributed by atoms with van der Waals surface area (Å²) >= 11 is 0. The van der Waals surface area contributed by atoms with Gasteiger partial charge in [-0.3, -0.25) is 4.90 Å². The molecule has 0 N–H and O–H groups in total. The Hall–Kier alpha value is -2.92. The zero-order chi connectivity index (χ0) is 17.2. The van der Waals surface area contributed by atoms with Gasteiger partial charge in [-0.15, -0.1) is 0 Å². The van der Waals surface area contributed by atoms with E-state index in [1.54, 1.807) is 4.80 Å². The Morgan fingerprint density at radius 1 is 1.08 bits per heavy atom. The van der Waals surface area contributed by atoms with Crippen molar-refractivity contribution in [3.63, 3.8) is 0 Å². The lowest BCUT2D eigenvalue weighted by molar-refractivity contribution is 0.224. The van der Waals surface area contributed by atoms with Crippen LogP contribution >= 0.6 is 0 Å². The van der Waals surface area contributed by atoms with Crippen LogP contribution in [-0.4, -0.2) is 26.9 Å². The minimum atomic E-state index is 0.147. The molecule has 0 amide bonds. The van der Waals surface area contributed by atoms with Gasteiger partial charge in [-0.2, -0.15) is 15.0 Å². The van der Waals surface area contributed by atoms with Crippen LogP contribution in [0.25, 0.3) is 16.7 Å². The number of hydrogen-bond donors (Lipinski definition) is 0. The molecule has 25 heavy (non-hydrogen) atoms. The van der Waals surface area contributed by atoms with E-state index in [-0.39, 0.29) is 6.04 Å². The smallest absolute Gasteiger partial charge is 0.134 e. The van der Waals surface area contributed by atoms with Crippen LogP contribution in [-0.2, 0) is 6.54 Å². The zero-order valence-corrected chi connectivity index (χ0v) is 14.3. The minimum absolute atomic E-state index is 0.147. The van der Waals surface area contributed by atoms with Crippen molar-refractivity contribution in [1.29, 1.82) is 0 Å². The molecule has 0 aliphatic rings. The lowest BCUT2D eigenvalue weighted by Crippen LogP contribution is -2.21. The highest BCUT2D eigenvalue weighted by Gasteiger charge is 2.17. The van der Waals surface area contributed by atoms with Crippen molar-refractivity contribution in [1.82, 2.24) is 19.9 Å². The van der Waals surface area contributed by atoms with Crippen molar-refractivity contribution in [2.24, 2.45) is 0 Å². The minimum Gasteiger partial charge on any atom is -0.459 e. The van der Waals surface area contributed by atoms with E-state index in [1.165, 1.54) is 0 Å². The Kier molecular flexibility index (Phi) is 4.07. The first-order chi connectivity index (χ1) is 12.2.